The van der Waals surface area contributed by atoms with Crippen LogP contribution in [0.4, 0.5) is 18.9 Å². The molecule has 1 aliphatic heterocycles. The predicted octanol–water partition coefficient (Wildman–Crippen LogP) is 3.91. The highest BCUT2D eigenvalue weighted by Crippen LogP contribution is 2.37. The van der Waals surface area contributed by atoms with Crippen molar-refractivity contribution in [2.75, 3.05) is 11.4 Å². The number of ketones is 1. The van der Waals surface area contributed by atoms with E-state index in [-0.39, 0.29) is 17.6 Å². The van der Waals surface area contributed by atoms with Crippen LogP contribution in [0.5, 0.6) is 5.75 Å². The molecular weight excluding hydrogens is 339 g/mol. The molecule has 1 heterocycles. The second-order valence-electron chi connectivity index (χ2n) is 4.70. The fraction of sp³-hybridized carbons (Fsp3) is 0.462. The van der Waals surface area contributed by atoms with E-state index in [1.807, 2.05) is 6.92 Å². The van der Waals surface area contributed by atoms with Crippen LogP contribution in [0.2, 0.25) is 0 Å². The number of Topliss-reactive ketones (excluding diaryl/α,β-unsaturated/α-hetero) is 1. The smallest absolute Gasteiger partial charge is 0.404 e. The van der Waals surface area contributed by atoms with Gasteiger partial charge in [0.05, 0.1) is 5.69 Å². The Bertz CT molecular complexity index is 519. The molecule has 1 aromatic rings. The van der Waals surface area contributed by atoms with Gasteiger partial charge in [0, 0.05) is 29.9 Å². The lowest BCUT2D eigenvalue weighted by Crippen LogP contribution is -2.41. The fourth-order valence-electron chi connectivity index (χ4n) is 2.30. The predicted molar refractivity (Wildman–Crippen MR) is 71.9 cm³/mol. The van der Waals surface area contributed by atoms with Crippen LogP contribution in [0.3, 0.4) is 0 Å². The molecule has 0 N–H and O–H groups in total. The number of benzene rings is 1. The van der Waals surface area contributed by atoms with Gasteiger partial charge in [0.1, 0.15) is 5.78 Å². The number of nitrogens with zero attached hydrogens (tertiary/aromatic N) is 1. The highest BCUT2D eigenvalue weighted by molar-refractivity contribution is 9.10. The summed E-state index contributed by atoms with van der Waals surface area (Å²) in [4.78, 5) is 13.1. The lowest BCUT2D eigenvalue weighted by Gasteiger charge is -2.35. The lowest BCUT2D eigenvalue weighted by atomic mass is 10.0. The summed E-state index contributed by atoms with van der Waals surface area (Å²) in [6.07, 6.45) is -4.07. The van der Waals surface area contributed by atoms with E-state index in [0.29, 0.717) is 29.5 Å². The standard InChI is InChI=1S/C13H13BrF3NO2/c1-8-6-10(19)4-5-18(8)11-3-2-9(14)7-12(11)20-13(15,16)17/h2-3,7-8H,4-6H2,1H3. The third-order valence-corrected chi connectivity index (χ3v) is 3.64. The average molecular weight is 352 g/mol. The number of ether oxygens (including phenoxy) is 1. The summed E-state index contributed by atoms with van der Waals surface area (Å²) in [6.45, 7) is 2.21. The Balaban J connectivity index is 2.33. The zero-order chi connectivity index (χ0) is 14.9. The van der Waals surface area contributed by atoms with Gasteiger partial charge >= 0.3 is 6.36 Å². The minimum Gasteiger partial charge on any atom is -0.404 e. The van der Waals surface area contributed by atoms with Crippen LogP contribution in [-0.4, -0.2) is 24.7 Å². The van der Waals surface area contributed by atoms with Crippen molar-refractivity contribution >= 4 is 27.4 Å². The van der Waals surface area contributed by atoms with Gasteiger partial charge in [-0.05, 0) is 25.1 Å². The van der Waals surface area contributed by atoms with Crippen LogP contribution in [0.25, 0.3) is 0 Å². The van der Waals surface area contributed by atoms with Crippen molar-refractivity contribution < 1.29 is 22.7 Å². The number of carbonyl (C=O) groups is 1. The summed E-state index contributed by atoms with van der Waals surface area (Å²) in [6, 6.07) is 4.36. The molecule has 0 spiro atoms. The maximum Gasteiger partial charge on any atom is 0.573 e. The first-order chi connectivity index (χ1) is 9.26. The molecule has 1 saturated heterocycles. The molecule has 1 unspecified atom stereocenters. The molecule has 1 aromatic carbocycles. The SMILES string of the molecule is CC1CC(=O)CCN1c1ccc(Br)cc1OC(F)(F)F. The first-order valence-corrected chi connectivity index (χ1v) is 6.89. The molecule has 2 rings (SSSR count). The number of anilines is 1. The number of rotatable bonds is 2. The summed E-state index contributed by atoms with van der Waals surface area (Å²) >= 11 is 3.13. The number of piperidine rings is 1. The first-order valence-electron chi connectivity index (χ1n) is 6.10. The van der Waals surface area contributed by atoms with Crippen molar-refractivity contribution in [2.45, 2.75) is 32.2 Å². The third kappa shape index (κ3) is 3.65. The fourth-order valence-corrected chi connectivity index (χ4v) is 2.64. The number of carbonyl (C=O) groups excluding carboxylic acids is 1. The van der Waals surface area contributed by atoms with E-state index in [2.05, 4.69) is 20.7 Å². The molecule has 0 saturated carbocycles. The van der Waals surface area contributed by atoms with E-state index in [1.54, 1.807) is 17.0 Å². The maximum atomic E-state index is 12.5. The Kier molecular flexibility index (Phi) is 4.27. The van der Waals surface area contributed by atoms with E-state index in [9.17, 15) is 18.0 Å². The summed E-state index contributed by atoms with van der Waals surface area (Å²) < 4.78 is 42.0. The molecule has 3 nitrogen and oxygen atoms in total. The number of halogens is 4. The monoisotopic (exact) mass is 351 g/mol. The molecule has 1 fully saturated rings. The molecule has 0 bridgehead atoms. The van der Waals surface area contributed by atoms with E-state index in [4.69, 9.17) is 0 Å². The Morgan fingerprint density at radius 1 is 1.40 bits per heavy atom. The molecular formula is C13H13BrF3NO2. The molecule has 0 aromatic heterocycles. The van der Waals surface area contributed by atoms with Crippen molar-refractivity contribution in [1.29, 1.82) is 0 Å². The van der Waals surface area contributed by atoms with Crippen LogP contribution >= 0.6 is 15.9 Å². The topological polar surface area (TPSA) is 29.5 Å². The van der Waals surface area contributed by atoms with Crippen molar-refractivity contribution in [2.24, 2.45) is 0 Å². The zero-order valence-electron chi connectivity index (χ0n) is 10.7. The minimum atomic E-state index is -4.75. The molecule has 1 atom stereocenters. The Morgan fingerprint density at radius 2 is 2.10 bits per heavy atom. The normalized spacial score (nSPS) is 20.1. The molecule has 7 heteroatoms. The van der Waals surface area contributed by atoms with Gasteiger partial charge in [-0.15, -0.1) is 13.2 Å². The van der Waals surface area contributed by atoms with E-state index in [1.165, 1.54) is 6.07 Å². The van der Waals surface area contributed by atoms with E-state index in [0.717, 1.165) is 0 Å². The summed E-state index contributed by atoms with van der Waals surface area (Å²) in [5.41, 5.74) is 0.352. The number of hydrogen-bond donors (Lipinski definition) is 0. The van der Waals surface area contributed by atoms with Crippen molar-refractivity contribution in [1.82, 2.24) is 0 Å². The zero-order valence-corrected chi connectivity index (χ0v) is 12.3. The molecule has 1 aliphatic rings. The van der Waals surface area contributed by atoms with Gasteiger partial charge in [-0.1, -0.05) is 15.9 Å². The Hall–Kier alpha value is -1.24. The Morgan fingerprint density at radius 3 is 2.70 bits per heavy atom. The highest BCUT2D eigenvalue weighted by Gasteiger charge is 2.34. The van der Waals surface area contributed by atoms with Gasteiger partial charge in [-0.2, -0.15) is 0 Å². The first kappa shape index (κ1) is 15.2. The largest absolute Gasteiger partial charge is 0.573 e. The van der Waals surface area contributed by atoms with Crippen molar-refractivity contribution in [3.05, 3.63) is 22.7 Å². The molecule has 0 aliphatic carbocycles. The summed E-state index contributed by atoms with van der Waals surface area (Å²) in [7, 11) is 0. The second-order valence-corrected chi connectivity index (χ2v) is 5.61. The maximum absolute atomic E-state index is 12.5. The van der Waals surface area contributed by atoms with Gasteiger partial charge in [-0.3, -0.25) is 4.79 Å². The van der Waals surface area contributed by atoms with Crippen LogP contribution in [0, 0.1) is 0 Å². The van der Waals surface area contributed by atoms with E-state index < -0.39 is 6.36 Å². The van der Waals surface area contributed by atoms with Gasteiger partial charge in [0.2, 0.25) is 0 Å². The highest BCUT2D eigenvalue weighted by atomic mass is 79.9. The van der Waals surface area contributed by atoms with E-state index >= 15 is 0 Å². The van der Waals surface area contributed by atoms with Gasteiger partial charge in [0.25, 0.3) is 0 Å². The number of alkyl halides is 3. The van der Waals surface area contributed by atoms with Crippen molar-refractivity contribution in [3.8, 4) is 5.75 Å². The second kappa shape index (κ2) is 5.63. The number of hydrogen-bond acceptors (Lipinski definition) is 3. The molecule has 0 radical (unpaired) electrons. The summed E-state index contributed by atoms with van der Waals surface area (Å²) in [5, 5.41) is 0. The third-order valence-electron chi connectivity index (χ3n) is 3.14. The minimum absolute atomic E-state index is 0.129. The van der Waals surface area contributed by atoms with Crippen LogP contribution in [0.1, 0.15) is 19.8 Å². The quantitative estimate of drug-likeness (QED) is 0.809. The Labute approximate surface area is 122 Å². The van der Waals surface area contributed by atoms with Crippen LogP contribution in [0.15, 0.2) is 22.7 Å². The average Bonchev–Trinajstić information content (AvgIpc) is 2.28. The summed E-state index contributed by atoms with van der Waals surface area (Å²) in [5.74, 6) is -0.128. The molecule has 20 heavy (non-hydrogen) atoms. The molecule has 110 valence electrons. The van der Waals surface area contributed by atoms with Crippen LogP contribution in [-0.2, 0) is 4.79 Å². The van der Waals surface area contributed by atoms with Gasteiger partial charge in [0.15, 0.2) is 5.75 Å². The van der Waals surface area contributed by atoms with Gasteiger partial charge in [-0.25, -0.2) is 0 Å². The van der Waals surface area contributed by atoms with Crippen molar-refractivity contribution in [3.63, 3.8) is 0 Å². The lowest BCUT2D eigenvalue weighted by molar-refractivity contribution is -0.274. The van der Waals surface area contributed by atoms with Gasteiger partial charge < -0.3 is 9.64 Å². The molecule has 0 amide bonds. The van der Waals surface area contributed by atoms with Crippen LogP contribution < -0.4 is 9.64 Å².